The molecule has 18 heavy (non-hydrogen) atoms. The maximum atomic E-state index is 11.8. The Kier molecular flexibility index (Phi) is 4.70. The first kappa shape index (κ1) is 13.0. The smallest absolute Gasteiger partial charge is 0.252 e. The third-order valence-corrected chi connectivity index (χ3v) is 3.55. The van der Waals surface area contributed by atoms with E-state index in [-0.39, 0.29) is 5.91 Å². The summed E-state index contributed by atoms with van der Waals surface area (Å²) in [6, 6.07) is 4.21. The second-order valence-corrected chi connectivity index (χ2v) is 4.88. The quantitative estimate of drug-likeness (QED) is 0.880. The lowest BCUT2D eigenvalue weighted by Crippen LogP contribution is -2.42. The summed E-state index contributed by atoms with van der Waals surface area (Å²) in [7, 11) is 0. The van der Waals surface area contributed by atoms with Crippen LogP contribution in [0, 0.1) is 0 Å². The van der Waals surface area contributed by atoms with Gasteiger partial charge in [0.05, 0.1) is 5.56 Å². The van der Waals surface area contributed by atoms with Gasteiger partial charge in [-0.1, -0.05) is 6.42 Å². The molecule has 1 aromatic heterocycles. The molecule has 2 heterocycles. The lowest BCUT2D eigenvalue weighted by Gasteiger charge is -2.33. The molecule has 0 unspecified atom stereocenters. The van der Waals surface area contributed by atoms with Gasteiger partial charge in [-0.3, -0.25) is 14.7 Å². The van der Waals surface area contributed by atoms with Gasteiger partial charge < -0.3 is 5.32 Å². The minimum absolute atomic E-state index is 0.0345. The summed E-state index contributed by atoms with van der Waals surface area (Å²) in [6.07, 6.45) is 7.15. The number of hydrogen-bond donors (Lipinski definition) is 1. The van der Waals surface area contributed by atoms with Gasteiger partial charge in [0.15, 0.2) is 0 Å². The standard InChI is InChI=1S/C14H21N3O/c1-12-5-2-3-9-17(12)10-8-16-14(18)13-6-4-7-15-11-13/h4,6-7,11-12H,2-3,5,8-10H2,1H3,(H,16,18)/t12-/m1/s1. The lowest BCUT2D eigenvalue weighted by molar-refractivity contribution is 0.0938. The number of aromatic nitrogens is 1. The molecule has 1 N–H and O–H groups in total. The topological polar surface area (TPSA) is 45.2 Å². The van der Waals surface area contributed by atoms with Crippen LogP contribution in [-0.2, 0) is 0 Å². The molecule has 0 aliphatic carbocycles. The Bertz CT molecular complexity index is 380. The van der Waals surface area contributed by atoms with E-state index in [1.54, 1.807) is 24.5 Å². The predicted molar refractivity (Wildman–Crippen MR) is 71.5 cm³/mol. The SMILES string of the molecule is C[C@@H]1CCCCN1CCNC(=O)c1cccnc1. The largest absolute Gasteiger partial charge is 0.351 e. The van der Waals surface area contributed by atoms with Crippen molar-refractivity contribution in [1.29, 1.82) is 0 Å². The van der Waals surface area contributed by atoms with Crippen molar-refractivity contribution in [2.24, 2.45) is 0 Å². The van der Waals surface area contributed by atoms with Gasteiger partial charge in [0.1, 0.15) is 0 Å². The first-order chi connectivity index (χ1) is 8.77. The van der Waals surface area contributed by atoms with E-state index in [9.17, 15) is 4.79 Å². The minimum atomic E-state index is -0.0345. The molecule has 1 aliphatic rings. The number of nitrogens with zero attached hydrogens (tertiary/aromatic N) is 2. The van der Waals surface area contributed by atoms with Crippen LogP contribution in [0.4, 0.5) is 0 Å². The Morgan fingerprint density at radius 1 is 1.56 bits per heavy atom. The normalized spacial score (nSPS) is 20.6. The first-order valence-corrected chi connectivity index (χ1v) is 6.69. The van der Waals surface area contributed by atoms with Crippen molar-refractivity contribution in [1.82, 2.24) is 15.2 Å². The Morgan fingerprint density at radius 2 is 2.44 bits per heavy atom. The van der Waals surface area contributed by atoms with Crippen LogP contribution >= 0.6 is 0 Å². The molecule has 1 aliphatic heterocycles. The minimum Gasteiger partial charge on any atom is -0.351 e. The summed E-state index contributed by atoms with van der Waals surface area (Å²) in [6.45, 7) is 5.07. The van der Waals surface area contributed by atoms with E-state index >= 15 is 0 Å². The van der Waals surface area contributed by atoms with Crippen LogP contribution in [0.2, 0.25) is 0 Å². The van der Waals surface area contributed by atoms with Gasteiger partial charge in [-0.2, -0.15) is 0 Å². The van der Waals surface area contributed by atoms with E-state index in [2.05, 4.69) is 22.1 Å². The number of nitrogens with one attached hydrogen (secondary N) is 1. The molecule has 4 heteroatoms. The van der Waals surface area contributed by atoms with Crippen LogP contribution in [0.3, 0.4) is 0 Å². The number of rotatable bonds is 4. The summed E-state index contributed by atoms with van der Waals surface area (Å²) in [4.78, 5) is 18.2. The number of carbonyl (C=O) groups excluding carboxylic acids is 1. The van der Waals surface area contributed by atoms with Gasteiger partial charge in [0.2, 0.25) is 0 Å². The van der Waals surface area contributed by atoms with E-state index in [4.69, 9.17) is 0 Å². The van der Waals surface area contributed by atoms with Crippen LogP contribution in [-0.4, -0.2) is 41.5 Å². The second kappa shape index (κ2) is 6.50. The molecule has 0 bridgehead atoms. The van der Waals surface area contributed by atoms with E-state index < -0.39 is 0 Å². The first-order valence-electron chi connectivity index (χ1n) is 6.69. The summed E-state index contributed by atoms with van der Waals surface area (Å²) in [5.74, 6) is -0.0345. The molecule has 1 fully saturated rings. The molecular weight excluding hydrogens is 226 g/mol. The number of likely N-dealkylation sites (tertiary alicyclic amines) is 1. The third-order valence-electron chi connectivity index (χ3n) is 3.55. The fraction of sp³-hybridized carbons (Fsp3) is 0.571. The summed E-state index contributed by atoms with van der Waals surface area (Å²) in [5, 5.41) is 2.95. The Labute approximate surface area is 108 Å². The Balaban J connectivity index is 1.73. The monoisotopic (exact) mass is 247 g/mol. The van der Waals surface area contributed by atoms with Crippen molar-refractivity contribution < 1.29 is 4.79 Å². The van der Waals surface area contributed by atoms with E-state index in [0.717, 1.165) is 13.1 Å². The van der Waals surface area contributed by atoms with Crippen LogP contribution in [0.15, 0.2) is 24.5 Å². The van der Waals surface area contributed by atoms with Crippen molar-refractivity contribution in [3.05, 3.63) is 30.1 Å². The number of piperidine rings is 1. The van der Waals surface area contributed by atoms with Crippen molar-refractivity contribution in [2.75, 3.05) is 19.6 Å². The van der Waals surface area contributed by atoms with Crippen molar-refractivity contribution in [3.8, 4) is 0 Å². The van der Waals surface area contributed by atoms with Crippen molar-refractivity contribution >= 4 is 5.91 Å². The van der Waals surface area contributed by atoms with Crippen LogP contribution in [0.5, 0.6) is 0 Å². The number of amides is 1. The lowest BCUT2D eigenvalue weighted by atomic mass is 10.0. The van der Waals surface area contributed by atoms with E-state index in [0.29, 0.717) is 18.2 Å². The fourth-order valence-electron chi connectivity index (χ4n) is 2.40. The molecule has 1 atom stereocenters. The van der Waals surface area contributed by atoms with Gasteiger partial charge in [0.25, 0.3) is 5.91 Å². The molecule has 1 saturated heterocycles. The molecular formula is C14H21N3O. The highest BCUT2D eigenvalue weighted by Crippen LogP contribution is 2.15. The zero-order valence-electron chi connectivity index (χ0n) is 10.9. The molecule has 0 saturated carbocycles. The van der Waals surface area contributed by atoms with Gasteiger partial charge in [-0.25, -0.2) is 0 Å². The predicted octanol–water partition coefficient (Wildman–Crippen LogP) is 1.69. The highest BCUT2D eigenvalue weighted by atomic mass is 16.1. The van der Waals surface area contributed by atoms with Gasteiger partial charge >= 0.3 is 0 Å². The van der Waals surface area contributed by atoms with Crippen LogP contribution in [0.25, 0.3) is 0 Å². The summed E-state index contributed by atoms with van der Waals surface area (Å²) < 4.78 is 0. The van der Waals surface area contributed by atoms with Crippen LogP contribution in [0.1, 0.15) is 36.5 Å². The zero-order valence-corrected chi connectivity index (χ0v) is 10.9. The van der Waals surface area contributed by atoms with Gasteiger partial charge in [-0.05, 0) is 38.4 Å². The highest BCUT2D eigenvalue weighted by Gasteiger charge is 2.17. The maximum Gasteiger partial charge on any atom is 0.252 e. The highest BCUT2D eigenvalue weighted by molar-refractivity contribution is 5.93. The molecule has 98 valence electrons. The zero-order chi connectivity index (χ0) is 12.8. The molecule has 2 rings (SSSR count). The molecule has 1 aromatic rings. The van der Waals surface area contributed by atoms with Crippen molar-refractivity contribution in [3.63, 3.8) is 0 Å². The van der Waals surface area contributed by atoms with Gasteiger partial charge in [0, 0.05) is 31.5 Å². The molecule has 1 amide bonds. The van der Waals surface area contributed by atoms with Crippen molar-refractivity contribution in [2.45, 2.75) is 32.2 Å². The number of pyridine rings is 1. The number of carbonyl (C=O) groups is 1. The second-order valence-electron chi connectivity index (χ2n) is 4.88. The molecule has 0 radical (unpaired) electrons. The third kappa shape index (κ3) is 3.53. The summed E-state index contributed by atoms with van der Waals surface area (Å²) in [5.41, 5.74) is 0.629. The van der Waals surface area contributed by atoms with E-state index in [1.807, 2.05) is 0 Å². The van der Waals surface area contributed by atoms with Gasteiger partial charge in [-0.15, -0.1) is 0 Å². The van der Waals surface area contributed by atoms with Crippen LogP contribution < -0.4 is 5.32 Å². The summed E-state index contributed by atoms with van der Waals surface area (Å²) >= 11 is 0. The maximum absolute atomic E-state index is 11.8. The molecule has 0 aromatic carbocycles. The average Bonchev–Trinajstić information content (AvgIpc) is 2.42. The number of hydrogen-bond acceptors (Lipinski definition) is 3. The average molecular weight is 247 g/mol. The van der Waals surface area contributed by atoms with E-state index in [1.165, 1.54) is 19.3 Å². The fourth-order valence-corrected chi connectivity index (χ4v) is 2.40. The Morgan fingerprint density at radius 3 is 3.17 bits per heavy atom. The Hall–Kier alpha value is -1.42. The molecule has 0 spiro atoms. The molecule has 4 nitrogen and oxygen atoms in total.